The number of carbonyl (C=O) groups is 1. The Bertz CT molecular complexity index is 923. The highest BCUT2D eigenvalue weighted by atomic mass is 16.5. The molecule has 0 N–H and O–H groups in total. The zero-order chi connectivity index (χ0) is 19.9. The number of hydrogen-bond acceptors (Lipinski definition) is 6. The Kier molecular flexibility index (Phi) is 6.66. The molecule has 7 nitrogen and oxygen atoms in total. The summed E-state index contributed by atoms with van der Waals surface area (Å²) >= 11 is 0. The molecule has 2 aromatic rings. The summed E-state index contributed by atoms with van der Waals surface area (Å²) in [5.74, 6) is 0.350. The van der Waals surface area contributed by atoms with E-state index in [0.29, 0.717) is 42.8 Å². The van der Waals surface area contributed by atoms with E-state index < -0.39 is 5.63 Å². The van der Waals surface area contributed by atoms with Crippen LogP contribution < -0.4 is 10.4 Å². The van der Waals surface area contributed by atoms with Crippen molar-refractivity contribution in [2.24, 2.45) is 0 Å². The number of hydrogen-bond donors (Lipinski definition) is 0. The highest BCUT2D eigenvalue weighted by molar-refractivity contribution is 5.96. The number of benzene rings is 1. The van der Waals surface area contributed by atoms with Crippen LogP contribution in [0.15, 0.2) is 33.5 Å². The second-order valence-electron chi connectivity index (χ2n) is 6.89. The van der Waals surface area contributed by atoms with Gasteiger partial charge in [-0.05, 0) is 37.6 Å². The van der Waals surface area contributed by atoms with Gasteiger partial charge in [0.05, 0.1) is 12.7 Å². The molecular formula is C21H25N3O4. The quantitative estimate of drug-likeness (QED) is 0.540. The summed E-state index contributed by atoms with van der Waals surface area (Å²) in [5, 5.41) is 9.32. The first-order valence-electron chi connectivity index (χ1n) is 9.71. The SMILES string of the molecule is CCCOc1ccc2cc(C(=O)N3CCN(CCCC#N)CC3)c(=O)oc2c1. The van der Waals surface area contributed by atoms with E-state index in [9.17, 15) is 9.59 Å². The molecule has 3 rings (SSSR count). The van der Waals surface area contributed by atoms with Crippen molar-refractivity contribution in [1.82, 2.24) is 9.80 Å². The predicted molar refractivity (Wildman–Crippen MR) is 105 cm³/mol. The van der Waals surface area contributed by atoms with Crippen LogP contribution in [-0.4, -0.2) is 55.0 Å². The van der Waals surface area contributed by atoms with Crippen molar-refractivity contribution in [1.29, 1.82) is 5.26 Å². The number of fused-ring (bicyclic) bond motifs is 1. The molecule has 28 heavy (non-hydrogen) atoms. The van der Waals surface area contributed by atoms with E-state index in [-0.39, 0.29) is 11.5 Å². The molecule has 1 aromatic heterocycles. The van der Waals surface area contributed by atoms with Crippen molar-refractivity contribution in [3.63, 3.8) is 0 Å². The van der Waals surface area contributed by atoms with Crippen molar-refractivity contribution < 1.29 is 13.9 Å². The molecule has 148 valence electrons. The lowest BCUT2D eigenvalue weighted by Gasteiger charge is -2.34. The smallest absolute Gasteiger partial charge is 0.349 e. The van der Waals surface area contributed by atoms with Crippen molar-refractivity contribution in [3.05, 3.63) is 40.2 Å². The molecule has 0 aliphatic carbocycles. The van der Waals surface area contributed by atoms with Crippen molar-refractivity contribution in [2.45, 2.75) is 26.2 Å². The first-order valence-corrected chi connectivity index (χ1v) is 9.71. The summed E-state index contributed by atoms with van der Waals surface area (Å²) < 4.78 is 10.9. The van der Waals surface area contributed by atoms with Crippen LogP contribution in [0, 0.1) is 11.3 Å². The van der Waals surface area contributed by atoms with Gasteiger partial charge >= 0.3 is 5.63 Å². The van der Waals surface area contributed by atoms with Crippen LogP contribution in [-0.2, 0) is 0 Å². The lowest BCUT2D eigenvalue weighted by atomic mass is 10.1. The molecule has 1 aromatic carbocycles. The molecule has 2 heterocycles. The number of nitrogens with zero attached hydrogens (tertiary/aromatic N) is 3. The second kappa shape index (κ2) is 9.38. The minimum Gasteiger partial charge on any atom is -0.493 e. The van der Waals surface area contributed by atoms with Crippen LogP contribution in [0.1, 0.15) is 36.5 Å². The molecule has 0 saturated carbocycles. The predicted octanol–water partition coefficient (Wildman–Crippen LogP) is 2.64. The molecule has 0 radical (unpaired) electrons. The van der Waals surface area contributed by atoms with Crippen LogP contribution in [0.5, 0.6) is 5.75 Å². The number of unbranched alkanes of at least 4 members (excludes halogenated alkanes) is 1. The van der Waals surface area contributed by atoms with Gasteiger partial charge in [-0.2, -0.15) is 5.26 Å². The van der Waals surface area contributed by atoms with E-state index in [1.165, 1.54) is 0 Å². The number of rotatable bonds is 7. The number of nitriles is 1. The van der Waals surface area contributed by atoms with Gasteiger partial charge in [-0.25, -0.2) is 4.79 Å². The van der Waals surface area contributed by atoms with E-state index in [2.05, 4.69) is 11.0 Å². The van der Waals surface area contributed by atoms with E-state index >= 15 is 0 Å². The molecule has 0 unspecified atom stereocenters. The Labute approximate surface area is 164 Å². The van der Waals surface area contributed by atoms with Gasteiger partial charge in [0.15, 0.2) is 0 Å². The number of amides is 1. The van der Waals surface area contributed by atoms with Crippen LogP contribution in [0.4, 0.5) is 0 Å². The van der Waals surface area contributed by atoms with Gasteiger partial charge in [0, 0.05) is 44.1 Å². The van der Waals surface area contributed by atoms with Crippen LogP contribution in [0.25, 0.3) is 11.0 Å². The van der Waals surface area contributed by atoms with Gasteiger partial charge in [-0.3, -0.25) is 9.69 Å². The Morgan fingerprint density at radius 2 is 2.04 bits per heavy atom. The third-order valence-corrected chi connectivity index (χ3v) is 4.83. The van der Waals surface area contributed by atoms with E-state index in [1.807, 2.05) is 13.0 Å². The molecule has 1 amide bonds. The summed E-state index contributed by atoms with van der Waals surface area (Å²) in [6.07, 6.45) is 2.27. The Hall–Kier alpha value is -2.85. The lowest BCUT2D eigenvalue weighted by molar-refractivity contribution is 0.0632. The third-order valence-electron chi connectivity index (χ3n) is 4.83. The maximum atomic E-state index is 12.8. The fraction of sp³-hybridized carbons (Fsp3) is 0.476. The van der Waals surface area contributed by atoms with Gasteiger partial charge in [0.1, 0.15) is 16.9 Å². The fourth-order valence-electron chi connectivity index (χ4n) is 3.28. The maximum absolute atomic E-state index is 12.8. The molecule has 0 atom stereocenters. The fourth-order valence-corrected chi connectivity index (χ4v) is 3.28. The molecule has 1 aliphatic rings. The average Bonchev–Trinajstić information content (AvgIpc) is 2.72. The van der Waals surface area contributed by atoms with Crippen molar-refractivity contribution >= 4 is 16.9 Å². The van der Waals surface area contributed by atoms with Gasteiger partial charge in [0.25, 0.3) is 5.91 Å². The number of ether oxygens (including phenoxy) is 1. The zero-order valence-corrected chi connectivity index (χ0v) is 16.1. The van der Waals surface area contributed by atoms with E-state index in [0.717, 1.165) is 32.5 Å². The van der Waals surface area contributed by atoms with Crippen LogP contribution in [0.3, 0.4) is 0 Å². The first kappa shape index (κ1) is 19.9. The second-order valence-corrected chi connectivity index (χ2v) is 6.89. The van der Waals surface area contributed by atoms with Crippen molar-refractivity contribution in [2.75, 3.05) is 39.3 Å². The topological polar surface area (TPSA) is 86.8 Å². The minimum absolute atomic E-state index is 0.0626. The highest BCUT2D eigenvalue weighted by Crippen LogP contribution is 2.21. The van der Waals surface area contributed by atoms with Crippen LogP contribution >= 0.6 is 0 Å². The van der Waals surface area contributed by atoms with Gasteiger partial charge in [0.2, 0.25) is 0 Å². The van der Waals surface area contributed by atoms with Crippen molar-refractivity contribution in [3.8, 4) is 11.8 Å². The maximum Gasteiger partial charge on any atom is 0.349 e. The zero-order valence-electron chi connectivity index (χ0n) is 16.1. The minimum atomic E-state index is -0.624. The normalized spacial score (nSPS) is 14.8. The van der Waals surface area contributed by atoms with Crippen LogP contribution in [0.2, 0.25) is 0 Å². The molecule has 1 fully saturated rings. The molecule has 0 spiro atoms. The van der Waals surface area contributed by atoms with E-state index in [1.54, 1.807) is 23.1 Å². The highest BCUT2D eigenvalue weighted by Gasteiger charge is 2.24. The summed E-state index contributed by atoms with van der Waals surface area (Å²) in [5.41, 5.74) is -0.147. The number of piperazine rings is 1. The van der Waals surface area contributed by atoms with Gasteiger partial charge < -0.3 is 14.1 Å². The Morgan fingerprint density at radius 1 is 1.25 bits per heavy atom. The largest absolute Gasteiger partial charge is 0.493 e. The molecule has 7 heteroatoms. The Balaban J connectivity index is 1.69. The van der Waals surface area contributed by atoms with Gasteiger partial charge in [-0.15, -0.1) is 0 Å². The average molecular weight is 383 g/mol. The number of carbonyl (C=O) groups excluding carboxylic acids is 1. The lowest BCUT2D eigenvalue weighted by Crippen LogP contribution is -2.49. The summed E-state index contributed by atoms with van der Waals surface area (Å²) in [7, 11) is 0. The molecule has 1 aliphatic heterocycles. The standard InChI is InChI=1S/C21H25N3O4/c1-2-13-27-17-6-5-16-14-18(21(26)28-19(16)15-17)20(25)24-11-9-23(10-12-24)8-4-3-7-22/h5-6,14-15H,2-4,8-13H2,1H3. The van der Waals surface area contributed by atoms with E-state index in [4.69, 9.17) is 14.4 Å². The summed E-state index contributed by atoms with van der Waals surface area (Å²) in [6, 6.07) is 9.04. The van der Waals surface area contributed by atoms with Gasteiger partial charge in [-0.1, -0.05) is 6.92 Å². The molecule has 0 bridgehead atoms. The first-order chi connectivity index (χ1) is 13.6. The molecular weight excluding hydrogens is 358 g/mol. The summed E-state index contributed by atoms with van der Waals surface area (Å²) in [6.45, 7) is 6.08. The monoisotopic (exact) mass is 383 g/mol. The molecule has 1 saturated heterocycles. The Morgan fingerprint density at radius 3 is 2.75 bits per heavy atom. The third kappa shape index (κ3) is 4.70. The summed E-state index contributed by atoms with van der Waals surface area (Å²) in [4.78, 5) is 29.1.